The fourth-order valence-electron chi connectivity index (χ4n) is 11.4. The number of rotatable bonds is 8. The minimum absolute atomic E-state index is 0.166. The van der Waals surface area contributed by atoms with E-state index in [1.807, 2.05) is 24.3 Å². The predicted molar refractivity (Wildman–Crippen MR) is 179 cm³/mol. The Bertz CT molecular complexity index is 1510. The van der Waals surface area contributed by atoms with Crippen molar-refractivity contribution in [3.8, 4) is 0 Å². The van der Waals surface area contributed by atoms with Gasteiger partial charge in [-0.15, -0.1) is 0 Å². The van der Waals surface area contributed by atoms with Gasteiger partial charge >= 0.3 is 0 Å². The summed E-state index contributed by atoms with van der Waals surface area (Å²) in [6.07, 6.45) is 8.74. The van der Waals surface area contributed by atoms with Crippen molar-refractivity contribution in [2.24, 2.45) is 52.3 Å². The molecule has 7 heteroatoms. The third-order valence-electron chi connectivity index (χ3n) is 13.9. The van der Waals surface area contributed by atoms with Crippen LogP contribution in [0.1, 0.15) is 85.5 Å². The van der Waals surface area contributed by atoms with E-state index in [1.165, 1.54) is 6.42 Å². The molecule has 2 aromatic carbocycles. The van der Waals surface area contributed by atoms with Gasteiger partial charge in [0.2, 0.25) is 5.91 Å². The minimum atomic E-state index is -3.74. The minimum Gasteiger partial charge on any atom is -0.393 e. The maximum absolute atomic E-state index is 13.2. The number of carbonyl (C=O) groups is 1. The highest BCUT2D eigenvalue weighted by atomic mass is 32.2. The Labute approximate surface area is 270 Å². The van der Waals surface area contributed by atoms with Crippen LogP contribution in [-0.4, -0.2) is 61.0 Å². The van der Waals surface area contributed by atoms with Crippen molar-refractivity contribution < 1.29 is 23.4 Å². The molecule has 0 unspecified atom stereocenters. The van der Waals surface area contributed by atoms with Crippen molar-refractivity contribution in [1.29, 1.82) is 0 Å². The highest BCUT2D eigenvalue weighted by Gasteiger charge is 2.64. The summed E-state index contributed by atoms with van der Waals surface area (Å²) in [5.74, 6) is 2.07. The summed E-state index contributed by atoms with van der Waals surface area (Å²) in [7, 11) is -2.01. The van der Waals surface area contributed by atoms with Crippen molar-refractivity contribution in [3.63, 3.8) is 0 Å². The molecule has 0 radical (unpaired) electrons. The number of hydrogen-bond acceptors (Lipinski definition) is 5. The number of sulfone groups is 1. The molecule has 2 aromatic rings. The molecule has 4 fully saturated rings. The Morgan fingerprint density at radius 1 is 0.956 bits per heavy atom. The van der Waals surface area contributed by atoms with Crippen LogP contribution in [0.25, 0.3) is 10.8 Å². The maximum atomic E-state index is 13.2. The molecule has 6 nitrogen and oxygen atoms in total. The van der Waals surface area contributed by atoms with Crippen LogP contribution in [0.4, 0.5) is 0 Å². The molecule has 45 heavy (non-hydrogen) atoms. The second kappa shape index (κ2) is 12.2. The monoisotopic (exact) mass is 637 g/mol. The van der Waals surface area contributed by atoms with Crippen LogP contribution in [0, 0.1) is 52.3 Å². The summed E-state index contributed by atoms with van der Waals surface area (Å²) >= 11 is 0. The Balaban J connectivity index is 1.10. The van der Waals surface area contributed by atoms with Gasteiger partial charge in [-0.25, -0.2) is 8.42 Å². The molecule has 4 aliphatic carbocycles. The normalized spacial score (nSPS) is 38.6. The van der Waals surface area contributed by atoms with Crippen LogP contribution in [-0.2, 0) is 14.6 Å². The van der Waals surface area contributed by atoms with Gasteiger partial charge < -0.3 is 15.1 Å². The summed E-state index contributed by atoms with van der Waals surface area (Å²) in [6, 6.07) is 12.7. The second-order valence-electron chi connectivity index (χ2n) is 16.0. The van der Waals surface area contributed by atoms with Crippen LogP contribution in [0.15, 0.2) is 47.4 Å². The quantitative estimate of drug-likeness (QED) is 0.335. The molecule has 0 heterocycles. The first-order valence-corrected chi connectivity index (χ1v) is 19.3. The molecule has 0 spiro atoms. The largest absolute Gasteiger partial charge is 0.393 e. The first-order valence-electron chi connectivity index (χ1n) is 17.6. The zero-order valence-corrected chi connectivity index (χ0v) is 28.8. The highest BCUT2D eigenvalue weighted by Crippen LogP contribution is 2.69. The van der Waals surface area contributed by atoms with E-state index in [0.717, 1.165) is 62.1 Å². The number of amides is 1. The molecule has 0 aromatic heterocycles. The average molecular weight is 638 g/mol. The van der Waals surface area contributed by atoms with Gasteiger partial charge in [-0.05, 0) is 127 Å². The number of fused-ring (bicyclic) bond motifs is 6. The van der Waals surface area contributed by atoms with Gasteiger partial charge in [0.1, 0.15) is 5.75 Å². The smallest absolute Gasteiger partial charge is 0.237 e. The van der Waals surface area contributed by atoms with Gasteiger partial charge in [0.05, 0.1) is 17.1 Å². The Morgan fingerprint density at radius 3 is 2.38 bits per heavy atom. The van der Waals surface area contributed by atoms with Crippen molar-refractivity contribution in [2.45, 2.75) is 103 Å². The summed E-state index contributed by atoms with van der Waals surface area (Å²) < 4.78 is 26.3. The maximum Gasteiger partial charge on any atom is 0.237 e. The lowest BCUT2D eigenvalue weighted by atomic mass is 9.41. The third-order valence-corrected chi connectivity index (χ3v) is 15.5. The molecule has 1 amide bonds. The number of carbonyl (C=O) groups excluding carboxylic acids is 1. The van der Waals surface area contributed by atoms with Crippen molar-refractivity contribution in [3.05, 3.63) is 42.5 Å². The lowest BCUT2D eigenvalue weighted by Crippen LogP contribution is -2.62. The average Bonchev–Trinajstić information content (AvgIpc) is 3.37. The lowest BCUT2D eigenvalue weighted by Gasteiger charge is -2.64. The Kier molecular flexibility index (Phi) is 8.97. The van der Waals surface area contributed by atoms with Crippen LogP contribution < -0.4 is 0 Å². The molecular formula is C38H55NO5S. The zero-order valence-electron chi connectivity index (χ0n) is 28.0. The van der Waals surface area contributed by atoms with Gasteiger partial charge in [-0.2, -0.15) is 0 Å². The molecule has 0 aliphatic heterocycles. The molecular weight excluding hydrogens is 582 g/mol. The zero-order chi connectivity index (χ0) is 32.3. The molecule has 0 saturated heterocycles. The molecule has 4 saturated carbocycles. The van der Waals surface area contributed by atoms with Gasteiger partial charge in [-0.3, -0.25) is 4.79 Å². The van der Waals surface area contributed by atoms with Crippen LogP contribution in [0.3, 0.4) is 0 Å². The van der Waals surface area contributed by atoms with E-state index < -0.39 is 15.6 Å². The van der Waals surface area contributed by atoms with Crippen molar-refractivity contribution in [2.75, 3.05) is 19.3 Å². The fraction of sp³-hybridized carbons (Fsp3) is 0.711. The fourth-order valence-corrected chi connectivity index (χ4v) is 12.7. The number of aliphatic hydroxyl groups is 2. The Hall–Kier alpha value is -1.96. The summed E-state index contributed by atoms with van der Waals surface area (Å²) in [5, 5.41) is 24.4. The van der Waals surface area contributed by atoms with E-state index >= 15 is 0 Å². The first-order chi connectivity index (χ1) is 21.3. The molecule has 4 aliphatic rings. The standard InChI is InChI=1S/C38H55NO5S/c1-6-29-33-22-27(40)15-18-38(33,4)32-16-19-37(3)30(13-14-31(37)35(32)36(29)42)24(2)17-20-39(5)34(41)23-45(43,44)28-12-11-25-9-7-8-10-26(25)21-28/h7-12,21,24,27,29-33,35-36,40,42H,6,13-20,22-23H2,1-5H3/t24-,27-,29-,30-,31+,32+,33+,35+,36-,37-,38-/m1/s1. The highest BCUT2D eigenvalue weighted by molar-refractivity contribution is 7.92. The van der Waals surface area contributed by atoms with Crippen LogP contribution in [0.2, 0.25) is 0 Å². The molecule has 11 atom stereocenters. The Morgan fingerprint density at radius 2 is 1.64 bits per heavy atom. The third kappa shape index (κ3) is 5.67. The van der Waals surface area contributed by atoms with E-state index in [4.69, 9.17) is 0 Å². The lowest BCUT2D eigenvalue weighted by molar-refractivity contribution is -0.203. The summed E-state index contributed by atoms with van der Waals surface area (Å²) in [5.41, 5.74) is 0.365. The van der Waals surface area contributed by atoms with Crippen LogP contribution >= 0.6 is 0 Å². The van der Waals surface area contributed by atoms with Gasteiger partial charge in [0, 0.05) is 13.6 Å². The molecule has 2 N–H and O–H groups in total. The first kappa shape index (κ1) is 33.0. The van der Waals surface area contributed by atoms with E-state index in [-0.39, 0.29) is 39.8 Å². The predicted octanol–water partition coefficient (Wildman–Crippen LogP) is 6.72. The molecule has 248 valence electrons. The SMILES string of the molecule is CC[C@H]1[C@@H](O)[C@@H]2[C@H](CC[C@]3(C)[C@@H]([C@H](C)CCN(C)C(=O)CS(=O)(=O)c4ccc5ccccc5c4)CC[C@@H]23)[C@@]2(C)CC[C@@H](O)C[C@@H]12. The van der Waals surface area contributed by atoms with E-state index in [9.17, 15) is 23.4 Å². The van der Waals surface area contributed by atoms with Gasteiger partial charge in [0.15, 0.2) is 9.84 Å². The van der Waals surface area contributed by atoms with Gasteiger partial charge in [-0.1, -0.05) is 64.4 Å². The van der Waals surface area contributed by atoms with Crippen LogP contribution in [0.5, 0.6) is 0 Å². The molecule has 6 rings (SSSR count). The van der Waals surface area contributed by atoms with Gasteiger partial charge in [0.25, 0.3) is 0 Å². The van der Waals surface area contributed by atoms with Crippen molar-refractivity contribution >= 4 is 26.5 Å². The number of nitrogens with zero attached hydrogens (tertiary/aromatic N) is 1. The topological polar surface area (TPSA) is 94.9 Å². The number of hydrogen-bond donors (Lipinski definition) is 2. The van der Waals surface area contributed by atoms with E-state index in [1.54, 1.807) is 30.1 Å². The summed E-state index contributed by atoms with van der Waals surface area (Å²) in [6.45, 7) is 10.1. The van der Waals surface area contributed by atoms with E-state index in [0.29, 0.717) is 42.1 Å². The second-order valence-corrected chi connectivity index (χ2v) is 18.0. The van der Waals surface area contributed by atoms with Crippen molar-refractivity contribution in [1.82, 2.24) is 4.90 Å². The number of benzene rings is 2. The molecule has 0 bridgehead atoms. The van der Waals surface area contributed by atoms with E-state index in [2.05, 4.69) is 27.7 Å². The number of aliphatic hydroxyl groups excluding tert-OH is 2. The summed E-state index contributed by atoms with van der Waals surface area (Å²) in [4.78, 5) is 14.9.